The van der Waals surface area contributed by atoms with Gasteiger partial charge in [-0.05, 0) is 59.2 Å². The molecule has 0 nitrogen and oxygen atoms in total. The van der Waals surface area contributed by atoms with Crippen molar-refractivity contribution in [3.63, 3.8) is 0 Å². The molecule has 21 heavy (non-hydrogen) atoms. The van der Waals surface area contributed by atoms with Gasteiger partial charge in [-0.1, -0.05) is 66.0 Å². The summed E-state index contributed by atoms with van der Waals surface area (Å²) in [6.07, 6.45) is 6.19. The summed E-state index contributed by atoms with van der Waals surface area (Å²) in [6, 6.07) is 0. The van der Waals surface area contributed by atoms with E-state index in [1.165, 1.54) is 0 Å². The highest BCUT2D eigenvalue weighted by molar-refractivity contribution is 6.40. The van der Waals surface area contributed by atoms with E-state index >= 15 is 0 Å². The van der Waals surface area contributed by atoms with Gasteiger partial charge in [0.25, 0.3) is 0 Å². The van der Waals surface area contributed by atoms with Crippen molar-refractivity contribution in [2.24, 2.45) is 46.3 Å². The lowest BCUT2D eigenvalue weighted by Crippen LogP contribution is -2.57. The third-order valence-electron chi connectivity index (χ3n) is 9.63. The zero-order valence-corrected chi connectivity index (χ0v) is 15.2. The van der Waals surface area contributed by atoms with Gasteiger partial charge in [0, 0.05) is 0 Å². The van der Waals surface area contributed by atoms with E-state index in [0.717, 1.165) is 47.1 Å². The quantitative estimate of drug-likeness (QED) is 0.596. The predicted octanol–water partition coefficient (Wildman–Crippen LogP) is 5.40. The van der Waals surface area contributed by atoms with Gasteiger partial charge in [-0.2, -0.15) is 0 Å². The van der Waals surface area contributed by atoms with Gasteiger partial charge in [-0.15, -0.1) is 0 Å². The van der Waals surface area contributed by atoms with Crippen LogP contribution in [0.3, 0.4) is 0 Å². The summed E-state index contributed by atoms with van der Waals surface area (Å²) in [6.45, 7) is 15.3. The molecular formula is C20H35B. The molecule has 6 rings (SSSR count). The fraction of sp³-hybridized carbons (Fsp3) is 1.00. The number of hydrogen-bond donors (Lipinski definition) is 0. The van der Waals surface area contributed by atoms with Gasteiger partial charge in [0.05, 0.1) is 0 Å². The Morgan fingerprint density at radius 3 is 1.33 bits per heavy atom. The van der Waals surface area contributed by atoms with E-state index in [-0.39, 0.29) is 0 Å². The largest absolute Gasteiger partial charge is 0.128 e. The molecule has 1 heteroatoms. The van der Waals surface area contributed by atoms with Crippen molar-refractivity contribution < 1.29 is 0 Å². The number of hydrogen-bond acceptors (Lipinski definition) is 0. The molecule has 0 radical (unpaired) electrons. The fourth-order valence-electron chi connectivity index (χ4n) is 7.52. The average molecular weight is 286 g/mol. The average Bonchev–Trinajstić information content (AvgIpc) is 2.41. The van der Waals surface area contributed by atoms with Crippen LogP contribution in [-0.2, 0) is 0 Å². The second kappa shape index (κ2) is 4.32. The Morgan fingerprint density at radius 1 is 0.667 bits per heavy atom. The third kappa shape index (κ3) is 1.81. The summed E-state index contributed by atoms with van der Waals surface area (Å²) in [7, 11) is 1.56. The zero-order valence-electron chi connectivity index (χ0n) is 15.2. The van der Waals surface area contributed by atoms with E-state index in [1.807, 2.05) is 0 Å². The molecule has 0 saturated heterocycles. The van der Waals surface area contributed by atoms with Crippen molar-refractivity contribution in [1.29, 1.82) is 0 Å². The van der Waals surface area contributed by atoms with Crippen LogP contribution in [0.15, 0.2) is 0 Å². The van der Waals surface area contributed by atoms with E-state index in [9.17, 15) is 0 Å². The van der Waals surface area contributed by atoms with Gasteiger partial charge in [0.2, 0.25) is 0 Å². The van der Waals surface area contributed by atoms with Gasteiger partial charge in [-0.3, -0.25) is 0 Å². The summed E-state index contributed by atoms with van der Waals surface area (Å²) >= 11 is 0. The lowest BCUT2D eigenvalue weighted by Gasteiger charge is -2.65. The zero-order chi connectivity index (χ0) is 15.2. The van der Waals surface area contributed by atoms with Crippen LogP contribution in [0.25, 0.3) is 0 Å². The minimum atomic E-state index is 0.665. The first-order chi connectivity index (χ1) is 9.73. The maximum absolute atomic E-state index is 2.59. The summed E-state index contributed by atoms with van der Waals surface area (Å²) in [5.41, 5.74) is 1.33. The molecule has 0 spiro atoms. The second-order valence-electron chi connectivity index (χ2n) is 10.7. The molecule has 6 fully saturated rings. The van der Waals surface area contributed by atoms with Crippen LogP contribution < -0.4 is 0 Å². The first kappa shape index (κ1) is 14.6. The Hall–Kier alpha value is 0.0649. The van der Waals surface area contributed by atoms with Crippen LogP contribution in [0, 0.1) is 46.3 Å². The Morgan fingerprint density at radius 2 is 1.05 bits per heavy atom. The third-order valence-corrected chi connectivity index (χ3v) is 9.63. The summed E-state index contributed by atoms with van der Waals surface area (Å²) < 4.78 is 0. The van der Waals surface area contributed by atoms with Gasteiger partial charge in [0.15, 0.2) is 0 Å². The van der Waals surface area contributed by atoms with Crippen LogP contribution in [0.4, 0.5) is 0 Å². The second-order valence-corrected chi connectivity index (χ2v) is 10.7. The van der Waals surface area contributed by atoms with Crippen molar-refractivity contribution in [1.82, 2.24) is 0 Å². The Kier molecular flexibility index (Phi) is 3.02. The molecule has 0 aromatic heterocycles. The molecule has 118 valence electrons. The summed E-state index contributed by atoms with van der Waals surface area (Å²) in [5, 5.41) is 0. The van der Waals surface area contributed by atoms with E-state index in [0.29, 0.717) is 10.8 Å². The predicted molar refractivity (Wildman–Crippen MR) is 93.0 cm³/mol. The van der Waals surface area contributed by atoms with Gasteiger partial charge >= 0.3 is 0 Å². The van der Waals surface area contributed by atoms with Crippen molar-refractivity contribution in [2.75, 3.05) is 0 Å². The highest BCUT2D eigenvalue weighted by atomic mass is 14.6. The summed E-state index contributed by atoms with van der Waals surface area (Å²) in [4.78, 5) is 0. The van der Waals surface area contributed by atoms with E-state index < -0.39 is 0 Å². The van der Waals surface area contributed by atoms with E-state index in [2.05, 4.69) is 41.5 Å². The standard InChI is InChI=1S/C20H35B/c1-11-15-7-13(19(15,3)4)9-17(11)21-18-10-14-8-16(12(18)2)20(14,5)6/h11-18,21H,7-10H2,1-6H3/t11-,12-,13+,14+,15-,16-,17-,18-/m0/s1. The van der Waals surface area contributed by atoms with Gasteiger partial charge in [0.1, 0.15) is 7.28 Å². The maximum Gasteiger partial charge on any atom is 0.128 e. The normalized spacial score (nSPS) is 56.1. The minimum absolute atomic E-state index is 0.665. The SMILES string of the molecule is C[C@@H]1[C@@H](B[C@H]2C[C@H]3C[C@@H]([C@@H]2C)C3(C)C)C[C@H]2C[C@@H]1C2(C)C. The molecule has 6 aliphatic rings. The van der Waals surface area contributed by atoms with Crippen molar-refractivity contribution >= 4 is 7.28 Å². The maximum atomic E-state index is 2.59. The van der Waals surface area contributed by atoms with Gasteiger partial charge < -0.3 is 0 Å². The minimum Gasteiger partial charge on any atom is -0.0626 e. The van der Waals surface area contributed by atoms with Crippen LogP contribution in [0.1, 0.15) is 67.2 Å². The van der Waals surface area contributed by atoms with Crippen molar-refractivity contribution in [3.05, 3.63) is 0 Å². The highest BCUT2D eigenvalue weighted by Gasteiger charge is 2.59. The Labute approximate surface area is 133 Å². The van der Waals surface area contributed by atoms with Crippen LogP contribution >= 0.6 is 0 Å². The monoisotopic (exact) mass is 286 g/mol. The van der Waals surface area contributed by atoms with E-state index in [1.54, 1.807) is 33.0 Å². The smallest absolute Gasteiger partial charge is 0.0626 e. The topological polar surface area (TPSA) is 0 Å². The summed E-state index contributed by atoms with van der Waals surface area (Å²) in [5.74, 6) is 8.25. The number of rotatable bonds is 2. The van der Waals surface area contributed by atoms with Crippen LogP contribution in [0.2, 0.25) is 11.6 Å². The molecule has 6 aliphatic carbocycles. The molecule has 0 aromatic carbocycles. The van der Waals surface area contributed by atoms with Crippen molar-refractivity contribution in [2.45, 2.75) is 78.9 Å². The molecule has 0 amide bonds. The molecule has 0 heterocycles. The molecule has 8 atom stereocenters. The Bertz CT molecular complexity index is 397. The fourth-order valence-corrected chi connectivity index (χ4v) is 7.52. The van der Waals surface area contributed by atoms with Gasteiger partial charge in [-0.25, -0.2) is 0 Å². The van der Waals surface area contributed by atoms with Crippen LogP contribution in [-0.4, -0.2) is 7.28 Å². The lowest BCUT2D eigenvalue weighted by atomic mass is 9.31. The molecule has 4 bridgehead atoms. The Balaban J connectivity index is 1.42. The van der Waals surface area contributed by atoms with E-state index in [4.69, 9.17) is 0 Å². The molecule has 0 N–H and O–H groups in total. The first-order valence-corrected chi connectivity index (χ1v) is 9.73. The molecule has 0 aliphatic heterocycles. The lowest BCUT2D eigenvalue weighted by molar-refractivity contribution is -0.106. The first-order valence-electron chi connectivity index (χ1n) is 9.73. The molecule has 0 unspecified atom stereocenters. The molecular weight excluding hydrogens is 251 g/mol. The van der Waals surface area contributed by atoms with Crippen molar-refractivity contribution in [3.8, 4) is 0 Å². The molecule has 6 saturated carbocycles. The number of fused-ring (bicyclic) bond motifs is 4. The molecule has 0 aromatic rings. The van der Waals surface area contributed by atoms with Crippen LogP contribution in [0.5, 0.6) is 0 Å². The highest BCUT2D eigenvalue weighted by Crippen LogP contribution is 2.68.